The van der Waals surface area contributed by atoms with Crippen molar-refractivity contribution in [1.82, 2.24) is 0 Å². The summed E-state index contributed by atoms with van der Waals surface area (Å²) < 4.78 is 0. The van der Waals surface area contributed by atoms with Gasteiger partial charge >= 0.3 is 0 Å². The molecule has 0 saturated heterocycles. The zero-order valence-electron chi connectivity index (χ0n) is 10.2. The predicted molar refractivity (Wildman–Crippen MR) is 72.4 cm³/mol. The van der Waals surface area contributed by atoms with Crippen LogP contribution in [0.2, 0.25) is 0 Å². The lowest BCUT2D eigenvalue weighted by molar-refractivity contribution is -0.114. The summed E-state index contributed by atoms with van der Waals surface area (Å²) in [5, 5.41) is 10.0. The minimum atomic E-state index is -0.687. The van der Waals surface area contributed by atoms with Gasteiger partial charge in [0.1, 0.15) is 0 Å². The van der Waals surface area contributed by atoms with Crippen LogP contribution in [0.15, 0.2) is 12.1 Å². The zero-order valence-corrected chi connectivity index (χ0v) is 11.8. The highest BCUT2D eigenvalue weighted by atomic mass is 79.9. The zero-order chi connectivity index (χ0) is 13.4. The van der Waals surface area contributed by atoms with E-state index in [1.54, 1.807) is 6.07 Å². The van der Waals surface area contributed by atoms with E-state index in [0.717, 1.165) is 11.1 Å². The summed E-state index contributed by atoms with van der Waals surface area (Å²) in [5.74, 6) is -1.05. The highest BCUT2D eigenvalue weighted by Gasteiger charge is 2.37. The Hall–Kier alpha value is -1.20. The van der Waals surface area contributed by atoms with Crippen molar-refractivity contribution in [3.63, 3.8) is 0 Å². The van der Waals surface area contributed by atoms with E-state index >= 15 is 0 Å². The first-order valence-electron chi connectivity index (χ1n) is 5.67. The number of carbonyl (C=O) groups excluding carboxylic acids is 2. The van der Waals surface area contributed by atoms with Gasteiger partial charge in [-0.3, -0.25) is 9.59 Å². The fourth-order valence-corrected chi connectivity index (χ4v) is 2.31. The van der Waals surface area contributed by atoms with Gasteiger partial charge in [0.2, 0.25) is 0 Å². The molecule has 0 aromatic heterocycles. The molecule has 4 nitrogen and oxygen atoms in total. The van der Waals surface area contributed by atoms with Crippen LogP contribution in [0.3, 0.4) is 0 Å². The molecule has 1 amide bonds. The molecule has 5 heteroatoms. The van der Waals surface area contributed by atoms with Crippen molar-refractivity contribution in [3.8, 4) is 0 Å². The van der Waals surface area contributed by atoms with Gasteiger partial charge in [-0.25, -0.2) is 0 Å². The molecule has 1 atom stereocenters. The molecule has 0 aliphatic carbocycles. The third-order valence-electron chi connectivity index (χ3n) is 3.23. The number of halogens is 1. The van der Waals surface area contributed by atoms with Crippen molar-refractivity contribution >= 4 is 33.3 Å². The molecule has 1 aliphatic heterocycles. The van der Waals surface area contributed by atoms with Crippen molar-refractivity contribution in [2.24, 2.45) is 0 Å². The molecule has 1 unspecified atom stereocenters. The van der Waals surface area contributed by atoms with Gasteiger partial charge in [0.25, 0.3) is 11.7 Å². The van der Waals surface area contributed by atoms with Gasteiger partial charge in [0.05, 0.1) is 23.9 Å². The summed E-state index contributed by atoms with van der Waals surface area (Å²) >= 11 is 3.16. The number of fused-ring (bicyclic) bond motifs is 1. The Bertz CT molecular complexity index is 527. The van der Waals surface area contributed by atoms with E-state index in [9.17, 15) is 14.7 Å². The van der Waals surface area contributed by atoms with Crippen LogP contribution in [0.5, 0.6) is 0 Å². The molecule has 0 spiro atoms. The molecular formula is C13H14BrNO3. The SMILES string of the molecule is Cc1ccc2c(c1C)N(CC(O)CBr)C(=O)C2=O. The average molecular weight is 312 g/mol. The van der Waals surface area contributed by atoms with Crippen LogP contribution in [0, 0.1) is 13.8 Å². The number of hydrogen-bond acceptors (Lipinski definition) is 3. The maximum Gasteiger partial charge on any atom is 0.299 e. The number of carbonyl (C=O) groups is 2. The fraction of sp³-hybridized carbons (Fsp3) is 0.385. The smallest absolute Gasteiger partial charge is 0.299 e. The number of β-amino-alcohol motifs (C(OH)–C–C–N with tert-alkyl or cyclic N) is 1. The number of alkyl halides is 1. The minimum absolute atomic E-state index is 0.132. The first-order chi connectivity index (χ1) is 8.47. The molecule has 1 heterocycles. The van der Waals surface area contributed by atoms with Crippen molar-refractivity contribution in [1.29, 1.82) is 0 Å². The molecule has 18 heavy (non-hydrogen) atoms. The lowest BCUT2D eigenvalue weighted by Crippen LogP contribution is -2.37. The summed E-state index contributed by atoms with van der Waals surface area (Å²) in [5.41, 5.74) is 3.01. The van der Waals surface area contributed by atoms with E-state index in [2.05, 4.69) is 15.9 Å². The number of benzene rings is 1. The molecule has 1 aromatic rings. The lowest BCUT2D eigenvalue weighted by atomic mass is 10.0. The molecule has 1 N–H and O–H groups in total. The Labute approximate surface area is 114 Å². The predicted octanol–water partition coefficient (Wildman–Crippen LogP) is 1.59. The second kappa shape index (κ2) is 4.82. The monoisotopic (exact) mass is 311 g/mol. The summed E-state index contributed by atoms with van der Waals surface area (Å²) in [4.78, 5) is 25.2. The van der Waals surface area contributed by atoms with Crippen molar-refractivity contribution in [3.05, 3.63) is 28.8 Å². The van der Waals surface area contributed by atoms with E-state index in [0.29, 0.717) is 16.6 Å². The van der Waals surface area contributed by atoms with Crippen LogP contribution in [0.1, 0.15) is 21.5 Å². The van der Waals surface area contributed by atoms with Crippen molar-refractivity contribution < 1.29 is 14.7 Å². The number of aliphatic hydroxyl groups is 1. The van der Waals surface area contributed by atoms with Gasteiger partial charge in [-0.2, -0.15) is 0 Å². The summed E-state index contributed by atoms with van der Waals surface area (Å²) in [6.07, 6.45) is -0.687. The number of rotatable bonds is 3. The van der Waals surface area contributed by atoms with E-state index in [1.165, 1.54) is 4.90 Å². The number of aliphatic hydroxyl groups excluding tert-OH is 1. The van der Waals surface area contributed by atoms with Crippen LogP contribution in [-0.2, 0) is 4.79 Å². The van der Waals surface area contributed by atoms with Crippen LogP contribution in [0.25, 0.3) is 0 Å². The molecule has 1 aliphatic rings. The minimum Gasteiger partial charge on any atom is -0.390 e. The normalized spacial score (nSPS) is 16.1. The summed E-state index contributed by atoms with van der Waals surface area (Å²) in [6.45, 7) is 3.95. The Morgan fingerprint density at radius 3 is 2.61 bits per heavy atom. The van der Waals surface area contributed by atoms with E-state index < -0.39 is 17.8 Å². The van der Waals surface area contributed by atoms with E-state index in [1.807, 2.05) is 19.9 Å². The Morgan fingerprint density at radius 2 is 2.00 bits per heavy atom. The van der Waals surface area contributed by atoms with E-state index in [-0.39, 0.29) is 6.54 Å². The second-order valence-corrected chi connectivity index (χ2v) is 5.10. The molecule has 0 radical (unpaired) electrons. The number of amides is 1. The summed E-state index contributed by atoms with van der Waals surface area (Å²) in [6, 6.07) is 3.52. The molecule has 2 rings (SSSR count). The number of Topliss-reactive ketones (excluding diaryl/α,β-unsaturated/α-hetero) is 1. The van der Waals surface area contributed by atoms with Crippen molar-refractivity contribution in [2.45, 2.75) is 20.0 Å². The van der Waals surface area contributed by atoms with E-state index in [4.69, 9.17) is 0 Å². The van der Waals surface area contributed by atoms with Gasteiger partial charge in [-0.1, -0.05) is 22.0 Å². The first-order valence-corrected chi connectivity index (χ1v) is 6.80. The quantitative estimate of drug-likeness (QED) is 0.681. The summed E-state index contributed by atoms with van der Waals surface area (Å²) in [7, 11) is 0. The third-order valence-corrected chi connectivity index (χ3v) is 3.97. The largest absolute Gasteiger partial charge is 0.390 e. The molecule has 0 bridgehead atoms. The molecule has 96 valence electrons. The Kier molecular flexibility index (Phi) is 3.54. The second-order valence-electron chi connectivity index (χ2n) is 4.46. The van der Waals surface area contributed by atoms with Gasteiger partial charge < -0.3 is 10.0 Å². The van der Waals surface area contributed by atoms with Crippen LogP contribution in [0.4, 0.5) is 5.69 Å². The van der Waals surface area contributed by atoms with Gasteiger partial charge in [0, 0.05) is 5.33 Å². The van der Waals surface area contributed by atoms with Crippen LogP contribution in [-0.4, -0.2) is 34.8 Å². The number of aryl methyl sites for hydroxylation is 1. The van der Waals surface area contributed by atoms with Crippen LogP contribution >= 0.6 is 15.9 Å². The Balaban J connectivity index is 2.50. The number of nitrogens with zero attached hydrogens (tertiary/aromatic N) is 1. The topological polar surface area (TPSA) is 57.6 Å². The average Bonchev–Trinajstić information content (AvgIpc) is 2.59. The maximum atomic E-state index is 11.9. The number of hydrogen-bond donors (Lipinski definition) is 1. The number of ketones is 1. The molecular weight excluding hydrogens is 298 g/mol. The fourth-order valence-electron chi connectivity index (χ4n) is 2.11. The standard InChI is InChI=1S/C13H14BrNO3/c1-7-3-4-10-11(8(7)2)15(6-9(16)5-14)13(18)12(10)17/h3-4,9,16H,5-6H2,1-2H3. The van der Waals surface area contributed by atoms with Gasteiger partial charge in [-0.15, -0.1) is 0 Å². The maximum absolute atomic E-state index is 11.9. The van der Waals surface area contributed by atoms with Crippen LogP contribution < -0.4 is 4.90 Å². The molecule has 1 aromatic carbocycles. The number of anilines is 1. The molecule has 0 saturated carbocycles. The Morgan fingerprint density at radius 1 is 1.33 bits per heavy atom. The molecule has 0 fully saturated rings. The highest BCUT2D eigenvalue weighted by molar-refractivity contribution is 9.09. The van der Waals surface area contributed by atoms with Gasteiger partial charge in [0.15, 0.2) is 0 Å². The van der Waals surface area contributed by atoms with Crippen molar-refractivity contribution in [2.75, 3.05) is 16.8 Å². The third kappa shape index (κ3) is 1.97. The highest BCUT2D eigenvalue weighted by Crippen LogP contribution is 2.34. The first kappa shape index (κ1) is 13.2. The van der Waals surface area contributed by atoms with Gasteiger partial charge in [-0.05, 0) is 31.0 Å². The lowest BCUT2D eigenvalue weighted by Gasteiger charge is -2.21.